The normalized spacial score (nSPS) is 15.8. The molecular weight excluding hydrogens is 428 g/mol. The van der Waals surface area contributed by atoms with Gasteiger partial charge in [0.2, 0.25) is 10.8 Å². The second-order valence-electron chi connectivity index (χ2n) is 7.75. The summed E-state index contributed by atoms with van der Waals surface area (Å²) in [6.45, 7) is 5.03. The summed E-state index contributed by atoms with van der Waals surface area (Å²) in [5.74, 6) is 0.668. The fourth-order valence-corrected chi connectivity index (χ4v) is 5.37. The Balaban J connectivity index is 1.49. The largest absolute Gasteiger partial charge is 0.492 e. The molecule has 0 spiro atoms. The molecule has 4 aromatic rings. The Bertz CT molecular complexity index is 1250. The summed E-state index contributed by atoms with van der Waals surface area (Å²) in [5, 5.41) is 26.4. The Hall–Kier alpha value is -3.50. The predicted octanol–water partition coefficient (Wildman–Crippen LogP) is 3.62. The highest BCUT2D eigenvalue weighted by molar-refractivity contribution is 7.17. The molecular formula is C22H22N6O3S. The number of rotatable bonds is 5. The number of aromatic hydroxyl groups is 1. The van der Waals surface area contributed by atoms with E-state index in [0.29, 0.717) is 10.8 Å². The highest BCUT2D eigenvalue weighted by Gasteiger charge is 2.32. The molecule has 5 rings (SSSR count). The maximum Gasteiger partial charge on any atom is 0.269 e. The molecule has 10 heteroatoms. The van der Waals surface area contributed by atoms with Gasteiger partial charge in [0.15, 0.2) is 0 Å². The van der Waals surface area contributed by atoms with Crippen molar-refractivity contribution in [3.63, 3.8) is 0 Å². The number of anilines is 1. The first kappa shape index (κ1) is 20.4. The molecule has 1 N–H and O–H groups in total. The van der Waals surface area contributed by atoms with Gasteiger partial charge in [-0.1, -0.05) is 41.7 Å². The third-order valence-electron chi connectivity index (χ3n) is 5.77. The molecule has 0 saturated carbocycles. The molecule has 1 atom stereocenters. The van der Waals surface area contributed by atoms with Gasteiger partial charge in [-0.3, -0.25) is 15.0 Å². The minimum Gasteiger partial charge on any atom is -0.492 e. The number of hydrogen-bond donors (Lipinski definition) is 1. The lowest BCUT2D eigenvalue weighted by atomic mass is 10.0. The van der Waals surface area contributed by atoms with E-state index in [1.54, 1.807) is 19.1 Å². The first-order valence-corrected chi connectivity index (χ1v) is 11.2. The Labute approximate surface area is 188 Å². The Morgan fingerprint density at radius 3 is 2.38 bits per heavy atom. The van der Waals surface area contributed by atoms with Crippen LogP contribution in [0, 0.1) is 17.0 Å². The topological polar surface area (TPSA) is 100 Å². The number of benzene rings is 2. The molecule has 1 aliphatic rings. The van der Waals surface area contributed by atoms with Crippen LogP contribution >= 0.6 is 11.3 Å². The zero-order valence-corrected chi connectivity index (χ0v) is 18.3. The number of non-ortho nitro benzene ring substituents is 1. The van der Waals surface area contributed by atoms with E-state index in [9.17, 15) is 15.2 Å². The van der Waals surface area contributed by atoms with Gasteiger partial charge < -0.3 is 10.0 Å². The van der Waals surface area contributed by atoms with E-state index in [1.165, 1.54) is 33.7 Å². The summed E-state index contributed by atoms with van der Waals surface area (Å²) >= 11 is 1.40. The van der Waals surface area contributed by atoms with Gasteiger partial charge in [0.1, 0.15) is 5.82 Å². The summed E-state index contributed by atoms with van der Waals surface area (Å²) in [6.07, 6.45) is 0. The van der Waals surface area contributed by atoms with Crippen LogP contribution in [0.25, 0.3) is 4.96 Å². The maximum atomic E-state index is 11.1. The zero-order valence-electron chi connectivity index (χ0n) is 17.5. The van der Waals surface area contributed by atoms with Crippen molar-refractivity contribution in [1.29, 1.82) is 0 Å². The number of nitro groups is 1. The van der Waals surface area contributed by atoms with Crippen LogP contribution in [-0.4, -0.2) is 55.7 Å². The lowest BCUT2D eigenvalue weighted by Crippen LogP contribution is -2.47. The van der Waals surface area contributed by atoms with E-state index < -0.39 is 4.92 Å². The van der Waals surface area contributed by atoms with Crippen molar-refractivity contribution >= 4 is 27.7 Å². The number of nitrogens with zero attached hydrogens (tertiary/aromatic N) is 6. The summed E-state index contributed by atoms with van der Waals surface area (Å²) < 4.78 is 1.47. The standard InChI is InChI=1S/C22H22N6O3S/c1-15-23-22-27(24-15)21(29)20(32-22)19(16-7-9-18(10-8-16)28(30)31)26-13-11-25(12-14-26)17-5-3-2-4-6-17/h2-10,19,29H,11-14H2,1H3. The van der Waals surface area contributed by atoms with E-state index >= 15 is 0 Å². The van der Waals surface area contributed by atoms with Crippen molar-refractivity contribution < 1.29 is 10.0 Å². The summed E-state index contributed by atoms with van der Waals surface area (Å²) in [7, 11) is 0. The molecule has 9 nitrogen and oxygen atoms in total. The van der Waals surface area contributed by atoms with Crippen molar-refractivity contribution in [2.75, 3.05) is 31.1 Å². The van der Waals surface area contributed by atoms with Gasteiger partial charge in [-0.2, -0.15) is 4.52 Å². The number of thiazole rings is 1. The summed E-state index contributed by atoms with van der Waals surface area (Å²) in [5.41, 5.74) is 2.13. The first-order chi connectivity index (χ1) is 15.5. The van der Waals surface area contributed by atoms with E-state index in [4.69, 9.17) is 0 Å². The van der Waals surface area contributed by atoms with E-state index in [-0.39, 0.29) is 17.6 Å². The van der Waals surface area contributed by atoms with Crippen LogP contribution in [0.1, 0.15) is 22.3 Å². The van der Waals surface area contributed by atoms with Crippen molar-refractivity contribution in [3.8, 4) is 5.88 Å². The Kier molecular flexibility index (Phi) is 5.24. The van der Waals surface area contributed by atoms with Crippen molar-refractivity contribution in [2.24, 2.45) is 0 Å². The van der Waals surface area contributed by atoms with Crippen molar-refractivity contribution in [2.45, 2.75) is 13.0 Å². The second kappa shape index (κ2) is 8.21. The molecule has 0 amide bonds. The lowest BCUT2D eigenvalue weighted by Gasteiger charge is -2.40. The predicted molar refractivity (Wildman–Crippen MR) is 122 cm³/mol. The maximum absolute atomic E-state index is 11.1. The van der Waals surface area contributed by atoms with Crippen molar-refractivity contribution in [3.05, 3.63) is 81.0 Å². The number of para-hydroxylation sites is 1. The fraction of sp³-hybridized carbons (Fsp3) is 0.273. The highest BCUT2D eigenvalue weighted by Crippen LogP contribution is 2.40. The number of fused-ring (bicyclic) bond motifs is 1. The first-order valence-electron chi connectivity index (χ1n) is 10.3. The molecule has 2 aromatic carbocycles. The number of nitro benzene ring substituents is 1. The molecule has 1 saturated heterocycles. The van der Waals surface area contributed by atoms with Gasteiger partial charge in [0.25, 0.3) is 5.69 Å². The molecule has 32 heavy (non-hydrogen) atoms. The van der Waals surface area contributed by atoms with Gasteiger partial charge in [-0.25, -0.2) is 4.98 Å². The molecule has 3 heterocycles. The summed E-state index contributed by atoms with van der Waals surface area (Å²) in [6, 6.07) is 16.6. The average Bonchev–Trinajstić information content (AvgIpc) is 3.32. The van der Waals surface area contributed by atoms with Crippen LogP contribution in [0.2, 0.25) is 0 Å². The number of aromatic nitrogens is 3. The quantitative estimate of drug-likeness (QED) is 0.366. The van der Waals surface area contributed by atoms with Crippen LogP contribution in [-0.2, 0) is 0 Å². The third-order valence-corrected chi connectivity index (χ3v) is 6.85. The SMILES string of the molecule is Cc1nc2sc(C(c3ccc([N+](=O)[O-])cc3)N3CCN(c4ccccc4)CC3)c(O)n2n1. The van der Waals surface area contributed by atoms with Gasteiger partial charge in [-0.05, 0) is 24.6 Å². The Morgan fingerprint density at radius 1 is 1.06 bits per heavy atom. The minimum atomic E-state index is -0.402. The molecule has 0 radical (unpaired) electrons. The number of aryl methyl sites for hydroxylation is 1. The van der Waals surface area contributed by atoms with Crippen LogP contribution in [0.15, 0.2) is 54.6 Å². The van der Waals surface area contributed by atoms with Crippen LogP contribution in [0.4, 0.5) is 11.4 Å². The van der Waals surface area contributed by atoms with Gasteiger partial charge in [-0.15, -0.1) is 5.10 Å². The van der Waals surface area contributed by atoms with E-state index in [0.717, 1.165) is 36.6 Å². The molecule has 0 bridgehead atoms. The molecule has 1 aliphatic heterocycles. The molecule has 1 unspecified atom stereocenters. The average molecular weight is 451 g/mol. The molecule has 1 fully saturated rings. The zero-order chi connectivity index (χ0) is 22.2. The smallest absolute Gasteiger partial charge is 0.269 e. The minimum absolute atomic E-state index is 0.0453. The van der Waals surface area contributed by atoms with Gasteiger partial charge in [0.05, 0.1) is 15.8 Å². The van der Waals surface area contributed by atoms with Gasteiger partial charge in [0, 0.05) is 44.0 Å². The fourth-order valence-electron chi connectivity index (χ4n) is 4.21. The van der Waals surface area contributed by atoms with Crippen molar-refractivity contribution in [1.82, 2.24) is 19.5 Å². The van der Waals surface area contributed by atoms with Gasteiger partial charge >= 0.3 is 0 Å². The molecule has 2 aromatic heterocycles. The van der Waals surface area contributed by atoms with Crippen LogP contribution in [0.3, 0.4) is 0 Å². The second-order valence-corrected chi connectivity index (χ2v) is 8.76. The van der Waals surface area contributed by atoms with Crippen LogP contribution in [0.5, 0.6) is 5.88 Å². The molecule has 164 valence electrons. The van der Waals surface area contributed by atoms with E-state index in [1.807, 2.05) is 18.2 Å². The van der Waals surface area contributed by atoms with Crippen LogP contribution < -0.4 is 4.90 Å². The lowest BCUT2D eigenvalue weighted by molar-refractivity contribution is -0.384. The summed E-state index contributed by atoms with van der Waals surface area (Å²) in [4.78, 5) is 21.1. The monoisotopic (exact) mass is 450 g/mol. The third kappa shape index (κ3) is 3.67. The number of piperazine rings is 1. The molecule has 0 aliphatic carbocycles. The number of hydrogen-bond acceptors (Lipinski definition) is 8. The van der Waals surface area contributed by atoms with E-state index in [2.05, 4.69) is 32.0 Å². The highest BCUT2D eigenvalue weighted by atomic mass is 32.1. The Morgan fingerprint density at radius 2 is 1.75 bits per heavy atom.